The summed E-state index contributed by atoms with van der Waals surface area (Å²) < 4.78 is 4.96. The van der Waals surface area contributed by atoms with E-state index in [1.165, 1.54) is 6.42 Å². The number of aliphatic carboxylic acids is 1. The van der Waals surface area contributed by atoms with E-state index in [9.17, 15) is 0 Å². The second-order valence-corrected chi connectivity index (χ2v) is 2.69. The highest BCUT2D eigenvalue weighted by molar-refractivity contribution is 5.62. The number of carbonyl (C=O) groups is 1. The van der Waals surface area contributed by atoms with Gasteiger partial charge in [-0.2, -0.15) is 0 Å². The van der Waals surface area contributed by atoms with Crippen LogP contribution in [0.2, 0.25) is 0 Å². The van der Waals surface area contributed by atoms with E-state index >= 15 is 0 Å². The Morgan fingerprint density at radius 3 is 2.58 bits per heavy atom. The quantitative estimate of drug-likeness (QED) is 0.577. The van der Waals surface area contributed by atoms with Crippen LogP contribution in [0.1, 0.15) is 32.6 Å². The molecule has 0 aromatic carbocycles. The molecule has 0 aromatic rings. The Morgan fingerprint density at radius 2 is 2.00 bits per heavy atom. The largest absolute Gasteiger partial charge is 0.481 e. The number of carboxylic acids is 1. The number of aliphatic hydroxyl groups excluding tert-OH is 1. The van der Waals surface area contributed by atoms with E-state index < -0.39 is 12.3 Å². The van der Waals surface area contributed by atoms with Crippen molar-refractivity contribution in [3.05, 3.63) is 0 Å². The Bertz CT molecular complexity index is 112. The van der Waals surface area contributed by atoms with Gasteiger partial charge >= 0.3 is 0 Å². The van der Waals surface area contributed by atoms with Crippen LogP contribution in [-0.4, -0.2) is 29.1 Å². The maximum Gasteiger partial charge on any atom is 0.300 e. The molecule has 12 heavy (non-hydrogen) atoms. The number of carboxylic acid groups (broad SMARTS) is 1. The first-order valence-electron chi connectivity index (χ1n) is 4.12. The third-order valence-electron chi connectivity index (χ3n) is 1.41. The van der Waals surface area contributed by atoms with Crippen molar-refractivity contribution in [3.8, 4) is 0 Å². The number of hydrogen-bond acceptors (Lipinski definition) is 3. The smallest absolute Gasteiger partial charge is 0.300 e. The highest BCUT2D eigenvalue weighted by Gasteiger charge is 2.06. The summed E-state index contributed by atoms with van der Waals surface area (Å²) in [5.74, 6) is -0.833. The number of rotatable bonds is 0. The molecule has 0 radical (unpaired) electrons. The Morgan fingerprint density at radius 1 is 1.42 bits per heavy atom. The zero-order valence-electron chi connectivity index (χ0n) is 7.32. The second-order valence-electron chi connectivity index (χ2n) is 2.69. The van der Waals surface area contributed by atoms with E-state index in [0.717, 1.165) is 32.8 Å². The molecule has 1 rings (SSSR count). The van der Waals surface area contributed by atoms with Crippen molar-refractivity contribution < 1.29 is 19.7 Å². The molecule has 1 aliphatic rings. The topological polar surface area (TPSA) is 66.8 Å². The molecular weight excluding hydrogens is 160 g/mol. The van der Waals surface area contributed by atoms with Crippen LogP contribution < -0.4 is 0 Å². The Hall–Kier alpha value is -0.610. The number of ether oxygens (including phenoxy) is 1. The molecule has 0 aliphatic carbocycles. The molecular formula is C8H16O4. The van der Waals surface area contributed by atoms with Crippen molar-refractivity contribution in [2.24, 2.45) is 0 Å². The lowest BCUT2D eigenvalue weighted by Gasteiger charge is -2.04. The average Bonchev–Trinajstić information content (AvgIpc) is 2.14. The van der Waals surface area contributed by atoms with E-state index in [0.29, 0.717) is 0 Å². The second kappa shape index (κ2) is 7.06. The summed E-state index contributed by atoms with van der Waals surface area (Å²) >= 11 is 0. The molecule has 72 valence electrons. The molecule has 2 N–H and O–H groups in total. The van der Waals surface area contributed by atoms with Crippen LogP contribution >= 0.6 is 0 Å². The monoisotopic (exact) mass is 176 g/mol. The lowest BCUT2D eigenvalue weighted by molar-refractivity contribution is -0.134. The van der Waals surface area contributed by atoms with Crippen molar-refractivity contribution >= 4 is 5.97 Å². The summed E-state index contributed by atoms with van der Waals surface area (Å²) in [4.78, 5) is 9.00. The van der Waals surface area contributed by atoms with Crippen LogP contribution in [0.3, 0.4) is 0 Å². The van der Waals surface area contributed by atoms with Gasteiger partial charge in [0.15, 0.2) is 6.29 Å². The zero-order chi connectivity index (χ0) is 9.40. The maximum atomic E-state index is 9.00. The van der Waals surface area contributed by atoms with Gasteiger partial charge in [0.25, 0.3) is 5.97 Å². The Labute approximate surface area is 72.2 Å². The third kappa shape index (κ3) is 9.39. The van der Waals surface area contributed by atoms with Gasteiger partial charge in [0.05, 0.1) is 0 Å². The molecule has 0 amide bonds. The van der Waals surface area contributed by atoms with Crippen LogP contribution in [0, 0.1) is 0 Å². The predicted molar refractivity (Wildman–Crippen MR) is 43.7 cm³/mol. The fourth-order valence-electron chi connectivity index (χ4n) is 0.901. The predicted octanol–water partition coefficient (Wildman–Crippen LogP) is 0.986. The van der Waals surface area contributed by atoms with Crippen molar-refractivity contribution in [1.29, 1.82) is 0 Å². The molecule has 0 aromatic heterocycles. The van der Waals surface area contributed by atoms with Crippen molar-refractivity contribution in [2.75, 3.05) is 6.61 Å². The molecule has 1 fully saturated rings. The molecule has 0 spiro atoms. The lowest BCUT2D eigenvalue weighted by Crippen LogP contribution is -2.08. The summed E-state index contributed by atoms with van der Waals surface area (Å²) in [5.41, 5.74) is 0. The van der Waals surface area contributed by atoms with Gasteiger partial charge in [-0.15, -0.1) is 0 Å². The fraction of sp³-hybridized carbons (Fsp3) is 0.875. The van der Waals surface area contributed by atoms with Gasteiger partial charge in [0.2, 0.25) is 0 Å². The fourth-order valence-corrected chi connectivity index (χ4v) is 0.901. The summed E-state index contributed by atoms with van der Waals surface area (Å²) in [6, 6.07) is 0. The SMILES string of the molecule is CC(=O)O.OC1CCCCCO1. The minimum Gasteiger partial charge on any atom is -0.481 e. The van der Waals surface area contributed by atoms with Gasteiger partial charge in [0, 0.05) is 13.5 Å². The van der Waals surface area contributed by atoms with Crippen LogP contribution in [0.4, 0.5) is 0 Å². The summed E-state index contributed by atoms with van der Waals surface area (Å²) in [7, 11) is 0. The molecule has 1 atom stereocenters. The molecule has 0 saturated carbocycles. The van der Waals surface area contributed by atoms with Gasteiger partial charge in [-0.3, -0.25) is 4.79 Å². The number of hydrogen-bond donors (Lipinski definition) is 2. The van der Waals surface area contributed by atoms with Gasteiger partial charge in [0.1, 0.15) is 0 Å². The molecule has 4 heteroatoms. The van der Waals surface area contributed by atoms with Crippen molar-refractivity contribution in [3.63, 3.8) is 0 Å². The van der Waals surface area contributed by atoms with Crippen molar-refractivity contribution in [2.45, 2.75) is 38.9 Å². The third-order valence-corrected chi connectivity index (χ3v) is 1.41. The van der Waals surface area contributed by atoms with E-state index in [1.807, 2.05) is 0 Å². The first-order valence-corrected chi connectivity index (χ1v) is 4.12. The zero-order valence-corrected chi connectivity index (χ0v) is 7.32. The van der Waals surface area contributed by atoms with E-state index in [2.05, 4.69) is 0 Å². The van der Waals surface area contributed by atoms with E-state index in [4.69, 9.17) is 19.7 Å². The van der Waals surface area contributed by atoms with Gasteiger partial charge < -0.3 is 14.9 Å². The van der Waals surface area contributed by atoms with Crippen LogP contribution in [0.5, 0.6) is 0 Å². The first-order chi connectivity index (χ1) is 5.63. The highest BCUT2D eigenvalue weighted by Crippen LogP contribution is 2.09. The molecule has 1 unspecified atom stereocenters. The van der Waals surface area contributed by atoms with Crippen LogP contribution in [0.25, 0.3) is 0 Å². The lowest BCUT2D eigenvalue weighted by atomic mass is 10.2. The van der Waals surface area contributed by atoms with E-state index in [-0.39, 0.29) is 0 Å². The highest BCUT2D eigenvalue weighted by atomic mass is 16.6. The Kier molecular flexibility index (Phi) is 6.70. The summed E-state index contributed by atoms with van der Waals surface area (Å²) in [5, 5.41) is 16.3. The maximum absolute atomic E-state index is 9.00. The number of aliphatic hydroxyl groups is 1. The van der Waals surface area contributed by atoms with Crippen LogP contribution in [0.15, 0.2) is 0 Å². The molecule has 0 bridgehead atoms. The normalized spacial score (nSPS) is 23.3. The molecule has 1 saturated heterocycles. The first kappa shape index (κ1) is 11.4. The molecule has 1 heterocycles. The van der Waals surface area contributed by atoms with Gasteiger partial charge in [-0.05, 0) is 19.3 Å². The van der Waals surface area contributed by atoms with Gasteiger partial charge in [-0.1, -0.05) is 6.42 Å². The molecule has 1 aliphatic heterocycles. The minimum atomic E-state index is -0.833. The standard InChI is InChI=1S/C6H12O2.C2H4O2/c7-6-4-2-1-3-5-8-6;1-2(3)4/h6-7H,1-5H2;1H3,(H,3,4). The Balaban J connectivity index is 0.000000261. The minimum absolute atomic E-state index is 0.475. The van der Waals surface area contributed by atoms with Gasteiger partial charge in [-0.25, -0.2) is 0 Å². The summed E-state index contributed by atoms with van der Waals surface area (Å²) in [6.45, 7) is 1.82. The van der Waals surface area contributed by atoms with E-state index in [1.54, 1.807) is 0 Å². The van der Waals surface area contributed by atoms with Crippen LogP contribution in [-0.2, 0) is 9.53 Å². The average molecular weight is 176 g/mol. The van der Waals surface area contributed by atoms with Crippen molar-refractivity contribution in [1.82, 2.24) is 0 Å². The molecule has 4 nitrogen and oxygen atoms in total. The summed E-state index contributed by atoms with van der Waals surface area (Å²) in [6.07, 6.45) is 3.77.